The number of carbonyl (C=O) groups excluding carboxylic acids is 3. The van der Waals surface area contributed by atoms with Crippen molar-refractivity contribution in [3.8, 4) is 0 Å². The minimum atomic E-state index is -1.32. The Labute approximate surface area is 255 Å². The van der Waals surface area contributed by atoms with Crippen molar-refractivity contribution in [1.82, 2.24) is 9.55 Å². The highest BCUT2D eigenvalue weighted by Crippen LogP contribution is 2.35. The molecule has 4 aromatic rings. The molecule has 4 atom stereocenters. The summed E-state index contributed by atoms with van der Waals surface area (Å²) in [4.78, 5) is 55.6. The van der Waals surface area contributed by atoms with Crippen LogP contribution < -0.4 is 5.69 Å². The van der Waals surface area contributed by atoms with Crippen molar-refractivity contribution >= 4 is 41.9 Å². The van der Waals surface area contributed by atoms with Gasteiger partial charge in [-0.2, -0.15) is 0 Å². The summed E-state index contributed by atoms with van der Waals surface area (Å²) in [6, 6.07) is 24.8. The molecule has 12 heteroatoms. The summed E-state index contributed by atoms with van der Waals surface area (Å²) in [6.45, 7) is -0.372. The molecule has 0 saturated carbocycles. The van der Waals surface area contributed by atoms with Gasteiger partial charge in [0.05, 0.1) is 21.6 Å². The van der Waals surface area contributed by atoms with Crippen LogP contribution in [-0.2, 0) is 18.9 Å². The number of esters is 3. The van der Waals surface area contributed by atoms with Gasteiger partial charge in [0.15, 0.2) is 18.4 Å². The monoisotopic (exact) mass is 618 g/mol. The molecule has 1 N–H and O–H groups in total. The van der Waals surface area contributed by atoms with Gasteiger partial charge in [-0.1, -0.05) is 66.8 Å². The second-order valence-corrected chi connectivity index (χ2v) is 10.6. The Hall–Kier alpha value is -4.52. The molecule has 1 aromatic heterocycles. The molecule has 0 unspecified atom stereocenters. The quantitative estimate of drug-likeness (QED) is 0.121. The van der Waals surface area contributed by atoms with Crippen molar-refractivity contribution in [2.24, 2.45) is 0 Å². The second-order valence-electron chi connectivity index (χ2n) is 9.37. The van der Waals surface area contributed by atoms with E-state index in [0.717, 1.165) is 0 Å². The number of rotatable bonds is 9. The fourth-order valence-corrected chi connectivity index (χ4v) is 5.33. The molecule has 10 nitrogen and oxygen atoms in total. The van der Waals surface area contributed by atoms with Crippen molar-refractivity contribution in [2.75, 3.05) is 12.9 Å². The first-order chi connectivity index (χ1) is 20.9. The molecular formula is C31H26N2O8S2. The first-order valence-corrected chi connectivity index (χ1v) is 14.8. The Morgan fingerprint density at radius 2 is 1.30 bits per heavy atom. The van der Waals surface area contributed by atoms with Gasteiger partial charge in [0, 0.05) is 6.20 Å². The highest BCUT2D eigenvalue weighted by molar-refractivity contribution is 7.98. The molecule has 2 heterocycles. The predicted octanol–water partition coefficient (Wildman–Crippen LogP) is 4.83. The van der Waals surface area contributed by atoms with E-state index >= 15 is 0 Å². The standard InChI is InChI=1S/C31H26N2O8S2/c1-43-23-17-33(31(37)32-26(23)42)27-25(41-30(36)21-15-9-4-10-16-21)24(40-29(35)20-13-7-3-8-14-20)22(39-27)18-38-28(34)19-11-5-2-6-12-19/h2-17,22,24-25,27H,18H2,1H3,(H,32,37,42)/t22-,24-,25-,27-/m1/s1. The van der Waals surface area contributed by atoms with Crippen LogP contribution in [0.5, 0.6) is 0 Å². The van der Waals surface area contributed by atoms with Crippen LogP contribution in [-0.4, -0.2) is 58.6 Å². The van der Waals surface area contributed by atoms with Gasteiger partial charge in [-0.3, -0.25) is 9.55 Å². The highest BCUT2D eigenvalue weighted by atomic mass is 32.2. The molecule has 0 spiro atoms. The normalized spacial score (nSPS) is 19.4. The molecular weight excluding hydrogens is 592 g/mol. The third-order valence-corrected chi connectivity index (χ3v) is 7.81. The maximum Gasteiger partial charge on any atom is 0.338 e. The van der Waals surface area contributed by atoms with E-state index in [9.17, 15) is 19.2 Å². The summed E-state index contributed by atoms with van der Waals surface area (Å²) in [5.41, 5.74) is 0.143. The van der Waals surface area contributed by atoms with Gasteiger partial charge in [0.2, 0.25) is 0 Å². The summed E-state index contributed by atoms with van der Waals surface area (Å²) in [5, 5.41) is 0. The lowest BCUT2D eigenvalue weighted by Gasteiger charge is -2.25. The van der Waals surface area contributed by atoms with Crippen LogP contribution in [0.3, 0.4) is 0 Å². The van der Waals surface area contributed by atoms with E-state index in [4.69, 9.17) is 31.2 Å². The van der Waals surface area contributed by atoms with Crippen molar-refractivity contribution in [3.63, 3.8) is 0 Å². The maximum absolute atomic E-state index is 13.3. The van der Waals surface area contributed by atoms with Gasteiger partial charge in [-0.15, -0.1) is 11.8 Å². The predicted molar refractivity (Wildman–Crippen MR) is 160 cm³/mol. The first-order valence-electron chi connectivity index (χ1n) is 13.1. The number of aromatic amines is 1. The van der Waals surface area contributed by atoms with Crippen LogP contribution in [0.2, 0.25) is 0 Å². The van der Waals surface area contributed by atoms with Crippen LogP contribution in [0, 0.1) is 4.64 Å². The van der Waals surface area contributed by atoms with Crippen LogP contribution in [0.4, 0.5) is 0 Å². The Balaban J connectivity index is 1.53. The third kappa shape index (κ3) is 6.94. The maximum atomic E-state index is 13.3. The molecule has 43 heavy (non-hydrogen) atoms. The average molecular weight is 619 g/mol. The number of thioether (sulfide) groups is 1. The van der Waals surface area contributed by atoms with E-state index < -0.39 is 48.1 Å². The lowest BCUT2D eigenvalue weighted by molar-refractivity contribution is -0.0642. The summed E-state index contributed by atoms with van der Waals surface area (Å²) in [5.74, 6) is -2.09. The van der Waals surface area contributed by atoms with Gasteiger partial charge in [0.25, 0.3) is 0 Å². The highest BCUT2D eigenvalue weighted by Gasteiger charge is 2.51. The lowest BCUT2D eigenvalue weighted by Crippen LogP contribution is -2.42. The molecule has 1 aliphatic heterocycles. The van der Waals surface area contributed by atoms with Crippen LogP contribution in [0.15, 0.2) is 107 Å². The smallest absolute Gasteiger partial charge is 0.338 e. The van der Waals surface area contributed by atoms with Gasteiger partial charge in [-0.05, 0) is 42.7 Å². The minimum Gasteiger partial charge on any atom is -0.459 e. The number of benzene rings is 3. The number of carbonyl (C=O) groups is 3. The SMILES string of the molecule is CSc1cn([C@@H]2O[C@H](COC(=O)c3ccccc3)[C@@H](OC(=O)c3ccccc3)[C@H]2OC(=O)c2ccccc2)c(=O)[nH]c1=S. The van der Waals surface area contributed by atoms with Gasteiger partial charge < -0.3 is 18.9 Å². The Bertz CT molecular complexity index is 1710. The average Bonchev–Trinajstić information content (AvgIpc) is 3.36. The summed E-state index contributed by atoms with van der Waals surface area (Å²) in [6.07, 6.45) is -1.72. The van der Waals surface area contributed by atoms with Crippen LogP contribution >= 0.6 is 24.0 Å². The van der Waals surface area contributed by atoms with E-state index in [0.29, 0.717) is 10.5 Å². The van der Waals surface area contributed by atoms with Gasteiger partial charge >= 0.3 is 23.6 Å². The summed E-state index contributed by atoms with van der Waals surface area (Å²) >= 11 is 6.57. The van der Waals surface area contributed by atoms with Crippen molar-refractivity contribution in [2.45, 2.75) is 29.4 Å². The van der Waals surface area contributed by atoms with Crippen molar-refractivity contribution < 1.29 is 33.3 Å². The number of ether oxygens (including phenoxy) is 4. The number of nitrogens with zero attached hydrogens (tertiary/aromatic N) is 1. The molecule has 0 aliphatic carbocycles. The van der Waals surface area contributed by atoms with Crippen molar-refractivity contribution in [1.29, 1.82) is 0 Å². The van der Waals surface area contributed by atoms with Gasteiger partial charge in [-0.25, -0.2) is 19.2 Å². The zero-order chi connectivity index (χ0) is 30.3. The Morgan fingerprint density at radius 1 is 0.814 bits per heavy atom. The second kappa shape index (κ2) is 13.6. The fourth-order valence-electron chi connectivity index (χ4n) is 4.48. The number of H-pyrrole nitrogens is 1. The largest absolute Gasteiger partial charge is 0.459 e. The lowest BCUT2D eigenvalue weighted by atomic mass is 10.1. The first kappa shape index (κ1) is 30.0. The zero-order valence-corrected chi connectivity index (χ0v) is 24.4. The molecule has 1 aliphatic rings. The van der Waals surface area contributed by atoms with E-state index in [2.05, 4.69) is 4.98 Å². The van der Waals surface area contributed by atoms with Crippen LogP contribution in [0.25, 0.3) is 0 Å². The molecule has 3 aromatic carbocycles. The fraction of sp³-hybridized carbons (Fsp3) is 0.194. The van der Waals surface area contributed by atoms with Crippen molar-refractivity contribution in [3.05, 3.63) is 129 Å². The third-order valence-electron chi connectivity index (χ3n) is 6.61. The molecule has 0 bridgehead atoms. The number of nitrogens with one attached hydrogen (secondary N) is 1. The summed E-state index contributed by atoms with van der Waals surface area (Å²) < 4.78 is 25.0. The molecule has 5 rings (SSSR count). The Kier molecular flexibility index (Phi) is 9.50. The van der Waals surface area contributed by atoms with E-state index in [1.54, 1.807) is 97.3 Å². The summed E-state index contributed by atoms with van der Waals surface area (Å²) in [7, 11) is 0. The molecule has 1 fully saturated rings. The molecule has 0 radical (unpaired) electrons. The number of hydrogen-bond acceptors (Lipinski definition) is 10. The van der Waals surface area contributed by atoms with E-state index in [1.165, 1.54) is 22.5 Å². The van der Waals surface area contributed by atoms with E-state index in [-0.39, 0.29) is 22.4 Å². The minimum absolute atomic E-state index is 0.227. The van der Waals surface area contributed by atoms with Gasteiger partial charge in [0.1, 0.15) is 17.4 Å². The van der Waals surface area contributed by atoms with E-state index in [1.807, 2.05) is 0 Å². The Morgan fingerprint density at radius 3 is 1.81 bits per heavy atom. The van der Waals surface area contributed by atoms with Crippen LogP contribution in [0.1, 0.15) is 37.3 Å². The topological polar surface area (TPSA) is 126 Å². The number of aromatic nitrogens is 2. The molecule has 220 valence electrons. The number of hydrogen-bond donors (Lipinski definition) is 1. The molecule has 0 amide bonds. The zero-order valence-electron chi connectivity index (χ0n) is 22.8. The molecule has 1 saturated heterocycles.